The first-order valence-electron chi connectivity index (χ1n) is 10.7. The number of benzene rings is 2. The van der Waals surface area contributed by atoms with Crippen LogP contribution in [0.3, 0.4) is 0 Å². The zero-order valence-corrected chi connectivity index (χ0v) is 20.2. The number of methoxy groups -OCH3 is 3. The number of thiophene rings is 1. The van der Waals surface area contributed by atoms with Gasteiger partial charge in [0.25, 0.3) is 0 Å². The molecule has 4 aromatic rings. The van der Waals surface area contributed by atoms with Gasteiger partial charge in [0, 0.05) is 34.8 Å². The lowest BCUT2D eigenvalue weighted by Gasteiger charge is -2.29. The number of hydrogen-bond acceptors (Lipinski definition) is 9. The molecule has 0 unspecified atom stereocenters. The number of amidine groups is 1. The molecule has 1 aliphatic rings. The predicted octanol–water partition coefficient (Wildman–Crippen LogP) is 5.19. The van der Waals surface area contributed by atoms with Crippen molar-refractivity contribution in [2.24, 2.45) is 10.7 Å². The first-order chi connectivity index (χ1) is 16.5. The number of aliphatic imine (C=N–C) groups is 1. The molecule has 5 rings (SSSR count). The van der Waals surface area contributed by atoms with Crippen LogP contribution in [-0.2, 0) is 0 Å². The third-order valence-corrected chi connectivity index (χ3v) is 6.79. The monoisotopic (exact) mass is 475 g/mol. The maximum absolute atomic E-state index is 6.14. The molecule has 174 valence electrons. The third-order valence-electron chi connectivity index (χ3n) is 5.87. The van der Waals surface area contributed by atoms with E-state index < -0.39 is 0 Å². The van der Waals surface area contributed by atoms with Gasteiger partial charge in [-0.3, -0.25) is 0 Å². The van der Waals surface area contributed by atoms with Gasteiger partial charge >= 0.3 is 0 Å². The second-order valence-electron chi connectivity index (χ2n) is 7.77. The number of rotatable bonds is 6. The fourth-order valence-corrected chi connectivity index (χ4v) is 5.11. The summed E-state index contributed by atoms with van der Waals surface area (Å²) in [7, 11) is 4.78. The zero-order chi connectivity index (χ0) is 23.8. The zero-order valence-electron chi connectivity index (χ0n) is 19.4. The maximum Gasteiger partial charge on any atom is 0.203 e. The average Bonchev–Trinajstić information content (AvgIpc) is 3.35. The van der Waals surface area contributed by atoms with Gasteiger partial charge in [-0.15, -0.1) is 11.3 Å². The molecular formula is C25H25N5O3S. The van der Waals surface area contributed by atoms with Crippen molar-refractivity contribution >= 4 is 50.8 Å². The first-order valence-corrected chi connectivity index (χ1v) is 11.5. The Balaban J connectivity index is 1.61. The molecule has 1 aliphatic heterocycles. The van der Waals surface area contributed by atoms with Crippen LogP contribution in [0.4, 0.5) is 22.9 Å². The summed E-state index contributed by atoms with van der Waals surface area (Å²) in [6, 6.07) is 12.0. The Morgan fingerprint density at radius 3 is 2.47 bits per heavy atom. The number of nitrogens with zero attached hydrogens (tertiary/aromatic N) is 3. The van der Waals surface area contributed by atoms with E-state index in [1.165, 1.54) is 0 Å². The van der Waals surface area contributed by atoms with E-state index in [0.717, 1.165) is 44.1 Å². The second-order valence-corrected chi connectivity index (χ2v) is 8.69. The molecule has 0 fully saturated rings. The van der Waals surface area contributed by atoms with E-state index in [1.54, 1.807) is 32.7 Å². The van der Waals surface area contributed by atoms with Gasteiger partial charge in [0.05, 0.1) is 37.6 Å². The lowest BCUT2D eigenvalue weighted by Crippen LogP contribution is -2.28. The molecule has 0 spiro atoms. The van der Waals surface area contributed by atoms with Crippen LogP contribution >= 0.6 is 11.3 Å². The van der Waals surface area contributed by atoms with E-state index in [9.17, 15) is 0 Å². The van der Waals surface area contributed by atoms with Crippen molar-refractivity contribution in [3.63, 3.8) is 0 Å². The summed E-state index contributed by atoms with van der Waals surface area (Å²) in [4.78, 5) is 12.4. The molecule has 0 amide bonds. The Kier molecular flexibility index (Phi) is 5.62. The molecule has 2 aromatic carbocycles. The molecule has 0 bridgehead atoms. The topological polar surface area (TPSA) is 94.2 Å². The van der Waals surface area contributed by atoms with Gasteiger partial charge in [0.2, 0.25) is 5.75 Å². The summed E-state index contributed by atoms with van der Waals surface area (Å²) < 4.78 is 16.4. The molecular weight excluding hydrogens is 450 g/mol. The van der Waals surface area contributed by atoms with Gasteiger partial charge in [0.15, 0.2) is 11.5 Å². The van der Waals surface area contributed by atoms with Gasteiger partial charge in [-0.1, -0.05) is 12.1 Å². The Hall–Kier alpha value is -3.98. The van der Waals surface area contributed by atoms with Crippen LogP contribution in [0.25, 0.3) is 10.8 Å². The molecule has 0 atom stereocenters. The number of nitrogens with two attached hydrogens (primary N) is 1. The summed E-state index contributed by atoms with van der Waals surface area (Å²) in [5.41, 5.74) is 10.2. The number of aryl methyl sites for hydroxylation is 1. The highest BCUT2D eigenvalue weighted by Gasteiger charge is 2.24. The smallest absolute Gasteiger partial charge is 0.203 e. The molecule has 34 heavy (non-hydrogen) atoms. The molecule has 8 nitrogen and oxygen atoms in total. The van der Waals surface area contributed by atoms with Gasteiger partial charge in [-0.05, 0) is 30.0 Å². The van der Waals surface area contributed by atoms with Crippen molar-refractivity contribution in [3.8, 4) is 17.2 Å². The minimum Gasteiger partial charge on any atom is -0.493 e. The molecule has 0 aliphatic carbocycles. The van der Waals surface area contributed by atoms with E-state index >= 15 is 0 Å². The number of pyridine rings is 1. The van der Waals surface area contributed by atoms with Gasteiger partial charge in [-0.2, -0.15) is 0 Å². The van der Waals surface area contributed by atoms with E-state index in [4.69, 9.17) is 19.9 Å². The van der Waals surface area contributed by atoms with Crippen molar-refractivity contribution in [3.05, 3.63) is 58.4 Å². The summed E-state index contributed by atoms with van der Waals surface area (Å²) >= 11 is 1.60. The highest BCUT2D eigenvalue weighted by Crippen LogP contribution is 2.43. The highest BCUT2D eigenvalue weighted by molar-refractivity contribution is 7.12. The van der Waals surface area contributed by atoms with Crippen LogP contribution in [0.1, 0.15) is 10.4 Å². The van der Waals surface area contributed by atoms with Crippen molar-refractivity contribution in [1.82, 2.24) is 4.98 Å². The van der Waals surface area contributed by atoms with E-state index in [1.807, 2.05) is 29.8 Å². The van der Waals surface area contributed by atoms with E-state index in [0.29, 0.717) is 29.8 Å². The standard InChI is InChI=1S/C25H25N5O3S/c1-14-5-6-17-16(21(14)30-13-28-24(26)23-18(30)8-10-34-23)7-9-27-25(17)29-15-11-19(31-2)22(33-4)20(12-15)32-3/h5-12H,13H2,1-4H3,(H2,26,28)(H,27,29). The first kappa shape index (κ1) is 21.8. The molecule has 0 saturated heterocycles. The van der Waals surface area contributed by atoms with Crippen molar-refractivity contribution in [1.29, 1.82) is 0 Å². The quantitative estimate of drug-likeness (QED) is 0.396. The van der Waals surface area contributed by atoms with Crippen molar-refractivity contribution < 1.29 is 14.2 Å². The summed E-state index contributed by atoms with van der Waals surface area (Å²) in [6.07, 6.45) is 1.81. The minimum atomic E-state index is 0.466. The Labute approximate surface area is 201 Å². The molecule has 3 heterocycles. The molecule has 3 N–H and O–H groups in total. The van der Waals surface area contributed by atoms with Crippen LogP contribution in [0.15, 0.2) is 53.0 Å². The number of aromatic nitrogens is 1. The van der Waals surface area contributed by atoms with Crippen LogP contribution in [0.2, 0.25) is 0 Å². The van der Waals surface area contributed by atoms with Crippen LogP contribution in [0.5, 0.6) is 17.2 Å². The molecule has 0 radical (unpaired) electrons. The largest absolute Gasteiger partial charge is 0.493 e. The normalized spacial score (nSPS) is 12.8. The summed E-state index contributed by atoms with van der Waals surface area (Å²) in [6.45, 7) is 2.57. The van der Waals surface area contributed by atoms with Crippen LogP contribution in [-0.4, -0.2) is 38.8 Å². The third kappa shape index (κ3) is 3.54. The lowest BCUT2D eigenvalue weighted by atomic mass is 10.0. The van der Waals surface area contributed by atoms with Gasteiger partial charge < -0.3 is 30.2 Å². The number of nitrogens with one attached hydrogen (secondary N) is 1. The number of fused-ring (bicyclic) bond motifs is 2. The SMILES string of the molecule is COc1cc(Nc2nccc3c(N4CN=C(N)c5sccc54)c(C)ccc23)cc(OC)c1OC. The van der Waals surface area contributed by atoms with E-state index in [2.05, 4.69) is 45.3 Å². The van der Waals surface area contributed by atoms with Gasteiger partial charge in [-0.25, -0.2) is 9.98 Å². The average molecular weight is 476 g/mol. The summed E-state index contributed by atoms with van der Waals surface area (Å²) in [5, 5.41) is 7.52. The molecule has 2 aromatic heterocycles. The fraction of sp³-hybridized carbons (Fsp3) is 0.200. The lowest BCUT2D eigenvalue weighted by molar-refractivity contribution is 0.324. The Bertz CT molecular complexity index is 1390. The highest BCUT2D eigenvalue weighted by atomic mass is 32.1. The number of anilines is 4. The van der Waals surface area contributed by atoms with Crippen molar-refractivity contribution in [2.75, 3.05) is 38.2 Å². The predicted molar refractivity (Wildman–Crippen MR) is 138 cm³/mol. The minimum absolute atomic E-state index is 0.466. The van der Waals surface area contributed by atoms with Crippen molar-refractivity contribution in [2.45, 2.75) is 6.92 Å². The second kappa shape index (κ2) is 8.75. The number of hydrogen-bond donors (Lipinski definition) is 2. The maximum atomic E-state index is 6.14. The van der Waals surface area contributed by atoms with Crippen LogP contribution in [0, 0.1) is 6.92 Å². The van der Waals surface area contributed by atoms with Crippen LogP contribution < -0.4 is 30.2 Å². The summed E-state index contributed by atoms with van der Waals surface area (Å²) in [5.74, 6) is 2.98. The Morgan fingerprint density at radius 2 is 1.76 bits per heavy atom. The number of ether oxygens (including phenoxy) is 3. The molecule has 0 saturated carbocycles. The Morgan fingerprint density at radius 1 is 1.00 bits per heavy atom. The fourth-order valence-electron chi connectivity index (χ4n) is 4.29. The molecule has 9 heteroatoms. The van der Waals surface area contributed by atoms with Gasteiger partial charge in [0.1, 0.15) is 18.3 Å². The van der Waals surface area contributed by atoms with E-state index in [-0.39, 0.29) is 0 Å².